The minimum Gasteiger partial charge on any atom is -0.305 e. The standard InChI is InChI=1S/C21H20ClN/c1-23(2)15-21-19(16-9-5-3-6-10-16)13-18(22)14-20(21)17-11-7-4-8-12-17/h3-14H,15H2,1-2H3. The van der Waals surface area contributed by atoms with Crippen LogP contribution in [-0.2, 0) is 6.54 Å². The van der Waals surface area contributed by atoms with Crippen molar-refractivity contribution in [2.45, 2.75) is 6.54 Å². The molecule has 0 spiro atoms. The maximum atomic E-state index is 6.44. The fourth-order valence-electron chi connectivity index (χ4n) is 2.87. The first-order chi connectivity index (χ1) is 11.1. The Bertz CT molecular complexity index is 719. The zero-order chi connectivity index (χ0) is 16.2. The molecular weight excluding hydrogens is 302 g/mol. The Morgan fingerprint density at radius 2 is 1.17 bits per heavy atom. The minimum atomic E-state index is 0.769. The summed E-state index contributed by atoms with van der Waals surface area (Å²) in [7, 11) is 4.19. The Balaban J connectivity index is 2.25. The largest absolute Gasteiger partial charge is 0.305 e. The third-order valence-electron chi connectivity index (χ3n) is 3.86. The van der Waals surface area contributed by atoms with Gasteiger partial charge in [-0.25, -0.2) is 0 Å². The van der Waals surface area contributed by atoms with Crippen molar-refractivity contribution in [3.8, 4) is 22.3 Å². The predicted molar refractivity (Wildman–Crippen MR) is 99.7 cm³/mol. The summed E-state index contributed by atoms with van der Waals surface area (Å²) in [5.41, 5.74) is 6.10. The van der Waals surface area contributed by atoms with Crippen LogP contribution in [0.4, 0.5) is 0 Å². The van der Waals surface area contributed by atoms with E-state index in [-0.39, 0.29) is 0 Å². The van der Waals surface area contributed by atoms with Crippen molar-refractivity contribution in [2.24, 2.45) is 0 Å². The highest BCUT2D eigenvalue weighted by atomic mass is 35.5. The van der Waals surface area contributed by atoms with E-state index in [4.69, 9.17) is 11.6 Å². The molecule has 1 nitrogen and oxygen atoms in total. The van der Waals surface area contributed by atoms with Crippen molar-refractivity contribution in [3.05, 3.63) is 83.4 Å². The number of benzene rings is 3. The SMILES string of the molecule is CN(C)Cc1c(-c2ccccc2)cc(Cl)cc1-c1ccccc1. The molecule has 0 unspecified atom stereocenters. The van der Waals surface area contributed by atoms with Crippen LogP contribution in [0.1, 0.15) is 5.56 Å². The third-order valence-corrected chi connectivity index (χ3v) is 4.08. The van der Waals surface area contributed by atoms with Gasteiger partial charge in [0.15, 0.2) is 0 Å². The number of rotatable bonds is 4. The molecule has 0 aliphatic heterocycles. The Morgan fingerprint density at radius 3 is 1.57 bits per heavy atom. The van der Waals surface area contributed by atoms with E-state index in [0.717, 1.165) is 11.6 Å². The molecule has 0 fully saturated rings. The Hall–Kier alpha value is -2.09. The molecule has 3 aromatic carbocycles. The van der Waals surface area contributed by atoms with Crippen LogP contribution in [0.3, 0.4) is 0 Å². The van der Waals surface area contributed by atoms with Crippen LogP contribution < -0.4 is 0 Å². The summed E-state index contributed by atoms with van der Waals surface area (Å²) in [5, 5.41) is 0.769. The van der Waals surface area contributed by atoms with Crippen LogP contribution in [0.5, 0.6) is 0 Å². The Labute approximate surface area is 143 Å². The number of nitrogens with zero attached hydrogens (tertiary/aromatic N) is 1. The molecule has 116 valence electrons. The van der Waals surface area contributed by atoms with Gasteiger partial charge in [-0.3, -0.25) is 0 Å². The lowest BCUT2D eigenvalue weighted by atomic mass is 9.91. The first-order valence-corrected chi connectivity index (χ1v) is 8.11. The average Bonchev–Trinajstić information content (AvgIpc) is 2.57. The van der Waals surface area contributed by atoms with Gasteiger partial charge >= 0.3 is 0 Å². The van der Waals surface area contributed by atoms with Crippen LogP contribution in [-0.4, -0.2) is 19.0 Å². The molecule has 0 atom stereocenters. The van der Waals surface area contributed by atoms with Gasteiger partial charge < -0.3 is 4.90 Å². The van der Waals surface area contributed by atoms with Crippen LogP contribution in [0.25, 0.3) is 22.3 Å². The monoisotopic (exact) mass is 321 g/mol. The van der Waals surface area contributed by atoms with E-state index in [0.29, 0.717) is 0 Å². The van der Waals surface area contributed by atoms with E-state index in [1.807, 2.05) is 12.1 Å². The minimum absolute atomic E-state index is 0.769. The predicted octanol–water partition coefficient (Wildman–Crippen LogP) is 5.74. The fourth-order valence-corrected chi connectivity index (χ4v) is 3.09. The van der Waals surface area contributed by atoms with Crippen LogP contribution in [0.15, 0.2) is 72.8 Å². The van der Waals surface area contributed by atoms with Crippen molar-refractivity contribution in [1.29, 1.82) is 0 Å². The maximum absolute atomic E-state index is 6.44. The summed E-state index contributed by atoms with van der Waals surface area (Å²) in [6.07, 6.45) is 0. The second kappa shape index (κ2) is 6.99. The first kappa shape index (κ1) is 15.8. The van der Waals surface area contributed by atoms with Gasteiger partial charge in [0.25, 0.3) is 0 Å². The lowest BCUT2D eigenvalue weighted by Crippen LogP contribution is -2.12. The van der Waals surface area contributed by atoms with Crippen LogP contribution in [0.2, 0.25) is 5.02 Å². The number of halogens is 1. The molecule has 0 saturated heterocycles. The molecule has 0 bridgehead atoms. The van der Waals surface area contributed by atoms with Gasteiger partial charge in [0, 0.05) is 11.6 Å². The van der Waals surface area contributed by atoms with Crippen molar-refractivity contribution in [3.63, 3.8) is 0 Å². The highest BCUT2D eigenvalue weighted by molar-refractivity contribution is 6.31. The van der Waals surface area contributed by atoms with E-state index >= 15 is 0 Å². The summed E-state index contributed by atoms with van der Waals surface area (Å²) in [4.78, 5) is 2.20. The first-order valence-electron chi connectivity index (χ1n) is 7.73. The Morgan fingerprint density at radius 1 is 0.739 bits per heavy atom. The van der Waals surface area contributed by atoms with Gasteiger partial charge in [0.05, 0.1) is 0 Å². The highest BCUT2D eigenvalue weighted by Crippen LogP contribution is 2.36. The molecule has 0 aliphatic carbocycles. The molecule has 0 saturated carbocycles. The lowest BCUT2D eigenvalue weighted by molar-refractivity contribution is 0.403. The second-order valence-electron chi connectivity index (χ2n) is 5.95. The molecule has 23 heavy (non-hydrogen) atoms. The van der Waals surface area contributed by atoms with Gasteiger partial charge in [-0.1, -0.05) is 72.3 Å². The molecule has 0 amide bonds. The summed E-state index contributed by atoms with van der Waals surface area (Å²) < 4.78 is 0. The van der Waals surface area contributed by atoms with Gasteiger partial charge in [-0.05, 0) is 54.0 Å². The van der Waals surface area contributed by atoms with E-state index < -0.39 is 0 Å². The van der Waals surface area contributed by atoms with Gasteiger partial charge in [-0.15, -0.1) is 0 Å². The summed E-state index contributed by atoms with van der Waals surface area (Å²) in [6, 6.07) is 25.0. The molecular formula is C21H20ClN. The van der Waals surface area contributed by atoms with Crippen LogP contribution in [0, 0.1) is 0 Å². The van der Waals surface area contributed by atoms with Crippen LogP contribution >= 0.6 is 11.6 Å². The maximum Gasteiger partial charge on any atom is 0.0418 e. The lowest BCUT2D eigenvalue weighted by Gasteiger charge is -2.20. The van der Waals surface area contributed by atoms with Gasteiger partial charge in [0.2, 0.25) is 0 Å². The molecule has 2 heteroatoms. The summed E-state index contributed by atoms with van der Waals surface area (Å²) in [5.74, 6) is 0. The highest BCUT2D eigenvalue weighted by Gasteiger charge is 2.14. The molecule has 3 aromatic rings. The zero-order valence-electron chi connectivity index (χ0n) is 13.5. The van der Waals surface area contributed by atoms with E-state index in [1.165, 1.54) is 27.8 Å². The zero-order valence-corrected chi connectivity index (χ0v) is 14.2. The smallest absolute Gasteiger partial charge is 0.0418 e. The van der Waals surface area contributed by atoms with E-state index in [2.05, 4.69) is 79.7 Å². The molecule has 0 aliphatic rings. The Kier molecular flexibility index (Phi) is 4.80. The fraction of sp³-hybridized carbons (Fsp3) is 0.143. The van der Waals surface area contributed by atoms with Crippen molar-refractivity contribution in [1.82, 2.24) is 4.90 Å². The molecule has 3 rings (SSSR count). The average molecular weight is 322 g/mol. The topological polar surface area (TPSA) is 3.24 Å². The van der Waals surface area contributed by atoms with Crippen molar-refractivity contribution >= 4 is 11.6 Å². The molecule has 0 N–H and O–H groups in total. The van der Waals surface area contributed by atoms with E-state index in [9.17, 15) is 0 Å². The second-order valence-corrected chi connectivity index (χ2v) is 6.39. The normalized spacial score (nSPS) is 11.0. The molecule has 0 aromatic heterocycles. The molecule has 0 heterocycles. The van der Waals surface area contributed by atoms with Crippen molar-refractivity contribution < 1.29 is 0 Å². The number of hydrogen-bond donors (Lipinski definition) is 0. The third kappa shape index (κ3) is 3.64. The van der Waals surface area contributed by atoms with Gasteiger partial charge in [0.1, 0.15) is 0 Å². The summed E-state index contributed by atoms with van der Waals surface area (Å²) >= 11 is 6.44. The quantitative estimate of drug-likeness (QED) is 0.592. The summed E-state index contributed by atoms with van der Waals surface area (Å²) in [6.45, 7) is 0.867. The number of hydrogen-bond acceptors (Lipinski definition) is 1. The molecule has 0 radical (unpaired) electrons. The van der Waals surface area contributed by atoms with Crippen molar-refractivity contribution in [2.75, 3.05) is 14.1 Å². The van der Waals surface area contributed by atoms with Gasteiger partial charge in [-0.2, -0.15) is 0 Å². The van der Waals surface area contributed by atoms with E-state index in [1.54, 1.807) is 0 Å².